The minimum Gasteiger partial charge on any atom is -0.383 e. The normalized spacial score (nSPS) is 12.9. The second kappa shape index (κ2) is 7.72. The third-order valence-corrected chi connectivity index (χ3v) is 1.56. The first-order valence-electron chi connectivity index (χ1n) is 3.91. The zero-order valence-electron chi connectivity index (χ0n) is 7.18. The lowest BCUT2D eigenvalue weighted by Gasteiger charge is -2.13. The Kier molecular flexibility index (Phi) is 7.46. The fourth-order valence-corrected chi connectivity index (χ4v) is 0.925. The molecule has 0 heterocycles. The highest BCUT2D eigenvalue weighted by Crippen LogP contribution is 2.00. The van der Waals surface area contributed by atoms with Crippen molar-refractivity contribution in [2.75, 3.05) is 13.7 Å². The molecule has 0 spiro atoms. The van der Waals surface area contributed by atoms with Gasteiger partial charge in [0.1, 0.15) is 0 Å². The van der Waals surface area contributed by atoms with Crippen LogP contribution in [0.5, 0.6) is 0 Å². The smallest absolute Gasteiger partial charge is 0.0629 e. The molecule has 0 aliphatic rings. The first kappa shape index (κ1) is 10.6. The van der Waals surface area contributed by atoms with Gasteiger partial charge < -0.3 is 4.74 Å². The summed E-state index contributed by atoms with van der Waals surface area (Å²) in [6, 6.07) is 0.278. The molecule has 66 valence electrons. The number of hydrogen-bond donors (Lipinski definition) is 2. The van der Waals surface area contributed by atoms with E-state index in [-0.39, 0.29) is 6.04 Å². The minimum absolute atomic E-state index is 0.278. The lowest BCUT2D eigenvalue weighted by atomic mass is 10.1. The Morgan fingerprint density at radius 1 is 1.73 bits per heavy atom. The van der Waals surface area contributed by atoms with Crippen molar-refractivity contribution in [1.29, 1.82) is 0 Å². The summed E-state index contributed by atoms with van der Waals surface area (Å²) in [5.74, 6) is 5.29. The molecule has 0 aromatic heterocycles. The van der Waals surface area contributed by atoms with Crippen LogP contribution in [0.3, 0.4) is 0 Å². The van der Waals surface area contributed by atoms with Crippen molar-refractivity contribution in [3.05, 3.63) is 12.7 Å². The van der Waals surface area contributed by atoms with Crippen LogP contribution in [0.15, 0.2) is 12.7 Å². The molecule has 0 rings (SSSR count). The van der Waals surface area contributed by atoms with E-state index in [1.165, 1.54) is 0 Å². The van der Waals surface area contributed by atoms with Gasteiger partial charge in [-0.1, -0.05) is 6.08 Å². The lowest BCUT2D eigenvalue weighted by Crippen LogP contribution is -2.38. The quantitative estimate of drug-likeness (QED) is 0.249. The van der Waals surface area contributed by atoms with E-state index >= 15 is 0 Å². The van der Waals surface area contributed by atoms with Crippen molar-refractivity contribution in [3.63, 3.8) is 0 Å². The zero-order valence-corrected chi connectivity index (χ0v) is 7.18. The third-order valence-electron chi connectivity index (χ3n) is 1.56. The number of methoxy groups -OCH3 is 1. The number of allylic oxidation sites excluding steroid dienone is 1. The number of hydrazine groups is 1. The fourth-order valence-electron chi connectivity index (χ4n) is 0.925. The highest BCUT2D eigenvalue weighted by molar-refractivity contribution is 4.69. The SMILES string of the molecule is C=CCCCC(COC)NN. The molecule has 3 nitrogen and oxygen atoms in total. The van der Waals surface area contributed by atoms with Gasteiger partial charge in [-0.25, -0.2) is 0 Å². The highest BCUT2D eigenvalue weighted by atomic mass is 16.5. The fraction of sp³-hybridized carbons (Fsp3) is 0.750. The van der Waals surface area contributed by atoms with Crippen molar-refractivity contribution >= 4 is 0 Å². The van der Waals surface area contributed by atoms with Crippen LogP contribution in [0.25, 0.3) is 0 Å². The molecule has 0 radical (unpaired) electrons. The van der Waals surface area contributed by atoms with E-state index in [2.05, 4.69) is 12.0 Å². The lowest BCUT2D eigenvalue weighted by molar-refractivity contribution is 0.162. The predicted molar refractivity (Wildman–Crippen MR) is 47.0 cm³/mol. The first-order chi connectivity index (χ1) is 5.35. The molecule has 0 aliphatic heterocycles. The van der Waals surface area contributed by atoms with Gasteiger partial charge >= 0.3 is 0 Å². The van der Waals surface area contributed by atoms with Gasteiger partial charge in [0, 0.05) is 13.2 Å². The van der Waals surface area contributed by atoms with E-state index in [9.17, 15) is 0 Å². The van der Waals surface area contributed by atoms with Crippen molar-refractivity contribution in [2.45, 2.75) is 25.3 Å². The van der Waals surface area contributed by atoms with E-state index < -0.39 is 0 Å². The largest absolute Gasteiger partial charge is 0.383 e. The topological polar surface area (TPSA) is 47.3 Å². The Balaban J connectivity index is 3.27. The number of nitrogens with two attached hydrogens (primary N) is 1. The summed E-state index contributed by atoms with van der Waals surface area (Å²) in [5.41, 5.74) is 2.70. The Hall–Kier alpha value is -0.380. The van der Waals surface area contributed by atoms with Gasteiger partial charge in [-0.15, -0.1) is 6.58 Å². The van der Waals surface area contributed by atoms with E-state index in [1.54, 1.807) is 7.11 Å². The second-order valence-electron chi connectivity index (χ2n) is 2.54. The van der Waals surface area contributed by atoms with Gasteiger partial charge in [-0.05, 0) is 19.3 Å². The summed E-state index contributed by atoms with van der Waals surface area (Å²) in [4.78, 5) is 0. The van der Waals surface area contributed by atoms with Gasteiger partial charge in [0.2, 0.25) is 0 Å². The second-order valence-corrected chi connectivity index (χ2v) is 2.54. The van der Waals surface area contributed by atoms with Crippen LogP contribution in [0.4, 0.5) is 0 Å². The summed E-state index contributed by atoms with van der Waals surface area (Å²) in [7, 11) is 1.68. The van der Waals surface area contributed by atoms with Crippen molar-refractivity contribution < 1.29 is 4.74 Å². The molecule has 1 atom stereocenters. The Bertz CT molecular complexity index is 96.1. The molecule has 0 bridgehead atoms. The van der Waals surface area contributed by atoms with Crippen LogP contribution in [0, 0.1) is 0 Å². The Morgan fingerprint density at radius 2 is 2.45 bits per heavy atom. The standard InChI is InChI=1S/C8H18N2O/c1-3-4-5-6-8(10-9)7-11-2/h3,8,10H,1,4-7,9H2,2H3. The van der Waals surface area contributed by atoms with E-state index in [4.69, 9.17) is 10.6 Å². The third kappa shape index (κ3) is 6.04. The molecule has 0 amide bonds. The molecular formula is C8H18N2O. The molecule has 0 aliphatic carbocycles. The Labute approximate surface area is 68.6 Å². The van der Waals surface area contributed by atoms with E-state index in [1.807, 2.05) is 6.08 Å². The van der Waals surface area contributed by atoms with Gasteiger partial charge in [0.05, 0.1) is 6.61 Å². The van der Waals surface area contributed by atoms with Crippen molar-refractivity contribution in [3.8, 4) is 0 Å². The summed E-state index contributed by atoms with van der Waals surface area (Å²) in [6.07, 6.45) is 5.11. The predicted octanol–water partition coefficient (Wildman–Crippen LogP) is 0.821. The monoisotopic (exact) mass is 158 g/mol. The van der Waals surface area contributed by atoms with Crippen LogP contribution in [-0.2, 0) is 4.74 Å². The summed E-state index contributed by atoms with van der Waals surface area (Å²) < 4.78 is 4.96. The van der Waals surface area contributed by atoms with E-state index in [0.29, 0.717) is 6.61 Å². The zero-order chi connectivity index (χ0) is 8.53. The van der Waals surface area contributed by atoms with Crippen LogP contribution in [0.1, 0.15) is 19.3 Å². The summed E-state index contributed by atoms with van der Waals surface area (Å²) in [5, 5.41) is 0. The molecule has 3 N–H and O–H groups in total. The number of unbranched alkanes of at least 4 members (excludes halogenated alkanes) is 1. The van der Waals surface area contributed by atoms with Crippen LogP contribution in [0.2, 0.25) is 0 Å². The van der Waals surface area contributed by atoms with Gasteiger partial charge in [0.25, 0.3) is 0 Å². The maximum Gasteiger partial charge on any atom is 0.0629 e. The molecule has 0 saturated carbocycles. The molecule has 3 heteroatoms. The number of hydrogen-bond acceptors (Lipinski definition) is 3. The molecule has 0 saturated heterocycles. The average Bonchev–Trinajstić information content (AvgIpc) is 2.03. The minimum atomic E-state index is 0.278. The maximum atomic E-state index is 5.29. The van der Waals surface area contributed by atoms with Gasteiger partial charge in [0.15, 0.2) is 0 Å². The molecule has 1 unspecified atom stereocenters. The van der Waals surface area contributed by atoms with E-state index in [0.717, 1.165) is 19.3 Å². The van der Waals surface area contributed by atoms with Gasteiger partial charge in [-0.3, -0.25) is 11.3 Å². The summed E-state index contributed by atoms with van der Waals surface area (Å²) >= 11 is 0. The maximum absolute atomic E-state index is 5.29. The molecule has 0 aromatic rings. The molecule has 11 heavy (non-hydrogen) atoms. The molecular weight excluding hydrogens is 140 g/mol. The van der Waals surface area contributed by atoms with Gasteiger partial charge in [-0.2, -0.15) is 0 Å². The number of nitrogens with one attached hydrogen (secondary N) is 1. The van der Waals surface area contributed by atoms with Crippen LogP contribution >= 0.6 is 0 Å². The molecule has 0 fully saturated rings. The van der Waals surface area contributed by atoms with Crippen LogP contribution < -0.4 is 11.3 Å². The van der Waals surface area contributed by atoms with Crippen molar-refractivity contribution in [1.82, 2.24) is 5.43 Å². The highest BCUT2D eigenvalue weighted by Gasteiger charge is 2.03. The number of ether oxygens (including phenoxy) is 1. The van der Waals surface area contributed by atoms with Crippen molar-refractivity contribution in [2.24, 2.45) is 5.84 Å². The summed E-state index contributed by atoms with van der Waals surface area (Å²) in [6.45, 7) is 4.32. The number of rotatable bonds is 7. The Morgan fingerprint density at radius 3 is 2.91 bits per heavy atom. The molecule has 0 aromatic carbocycles. The van der Waals surface area contributed by atoms with Crippen LogP contribution in [-0.4, -0.2) is 19.8 Å². The first-order valence-corrected chi connectivity index (χ1v) is 3.91. The average molecular weight is 158 g/mol.